The third kappa shape index (κ3) is 2.23. The summed E-state index contributed by atoms with van der Waals surface area (Å²) in [5, 5.41) is 11.6. The van der Waals surface area contributed by atoms with E-state index in [0.717, 1.165) is 5.69 Å². The Kier molecular flexibility index (Phi) is 3.50. The molecule has 2 nitrogen and oxygen atoms in total. The van der Waals surface area contributed by atoms with E-state index in [-0.39, 0.29) is 0 Å². The highest BCUT2D eigenvalue weighted by Crippen LogP contribution is 2.38. The summed E-state index contributed by atoms with van der Waals surface area (Å²) in [4.78, 5) is 4.33. The van der Waals surface area contributed by atoms with Crippen molar-refractivity contribution >= 4 is 45.7 Å². The van der Waals surface area contributed by atoms with Gasteiger partial charge in [-0.2, -0.15) is 0 Å². The first-order valence-electron chi connectivity index (χ1n) is 5.04. The summed E-state index contributed by atoms with van der Waals surface area (Å²) < 4.78 is 0. The van der Waals surface area contributed by atoms with Gasteiger partial charge in [-0.1, -0.05) is 34.8 Å². The molecule has 1 aromatic heterocycles. The minimum Gasteiger partial charge on any atom is -0.389 e. The van der Waals surface area contributed by atoms with Crippen LogP contribution in [-0.2, 0) is 0 Å². The Balaban J connectivity index is 2.99. The Morgan fingerprint density at radius 1 is 1.18 bits per heavy atom. The third-order valence-corrected chi connectivity index (χ3v) is 3.61. The van der Waals surface area contributed by atoms with E-state index in [0.29, 0.717) is 31.5 Å². The number of pyridine rings is 1. The number of hydrogen-bond donors (Lipinski definition) is 1. The number of halogens is 3. The van der Waals surface area contributed by atoms with Crippen molar-refractivity contribution in [3.63, 3.8) is 0 Å². The Morgan fingerprint density at radius 3 is 2.41 bits per heavy atom. The maximum absolute atomic E-state index is 9.78. The maximum atomic E-state index is 9.78. The van der Waals surface area contributed by atoms with Crippen molar-refractivity contribution in [3.05, 3.63) is 38.5 Å². The number of aromatic nitrogens is 1. The molecule has 2 aromatic rings. The largest absolute Gasteiger partial charge is 0.389 e. The fourth-order valence-electron chi connectivity index (χ4n) is 1.79. The molecule has 1 N–H and O–H groups in total. The van der Waals surface area contributed by atoms with Crippen LogP contribution in [0.2, 0.25) is 15.1 Å². The van der Waals surface area contributed by atoms with Gasteiger partial charge in [-0.15, -0.1) is 0 Å². The number of aryl methyl sites for hydroxylation is 1. The van der Waals surface area contributed by atoms with E-state index in [1.54, 1.807) is 19.1 Å². The second kappa shape index (κ2) is 4.62. The molecule has 5 heteroatoms. The number of aliphatic hydroxyl groups is 1. The van der Waals surface area contributed by atoms with Crippen molar-refractivity contribution in [2.45, 2.75) is 20.0 Å². The predicted molar refractivity (Wildman–Crippen MR) is 72.1 cm³/mol. The van der Waals surface area contributed by atoms with Gasteiger partial charge in [-0.05, 0) is 31.5 Å². The van der Waals surface area contributed by atoms with Crippen LogP contribution in [0.3, 0.4) is 0 Å². The first-order valence-corrected chi connectivity index (χ1v) is 6.18. The highest BCUT2D eigenvalue weighted by atomic mass is 35.5. The molecular formula is C12H10Cl3NO. The molecule has 0 saturated carbocycles. The van der Waals surface area contributed by atoms with Crippen LogP contribution in [0, 0.1) is 6.92 Å². The lowest BCUT2D eigenvalue weighted by Crippen LogP contribution is -1.98. The minimum absolute atomic E-state index is 0.358. The smallest absolute Gasteiger partial charge is 0.0911 e. The zero-order valence-corrected chi connectivity index (χ0v) is 11.5. The van der Waals surface area contributed by atoms with Crippen LogP contribution >= 0.6 is 34.8 Å². The van der Waals surface area contributed by atoms with Crippen LogP contribution in [-0.4, -0.2) is 10.1 Å². The highest BCUT2D eigenvalue weighted by Gasteiger charge is 2.16. The lowest BCUT2D eigenvalue weighted by molar-refractivity contribution is 0.200. The second-order valence-corrected chi connectivity index (χ2v) is 5.10. The third-order valence-electron chi connectivity index (χ3n) is 2.54. The molecule has 1 unspecified atom stereocenters. The van der Waals surface area contributed by atoms with Gasteiger partial charge in [0.15, 0.2) is 0 Å². The summed E-state index contributed by atoms with van der Waals surface area (Å²) in [6, 6.07) is 3.34. The molecule has 2 rings (SSSR count). The van der Waals surface area contributed by atoms with E-state index in [4.69, 9.17) is 34.8 Å². The number of benzene rings is 1. The fraction of sp³-hybridized carbons (Fsp3) is 0.250. The summed E-state index contributed by atoms with van der Waals surface area (Å²) in [5.74, 6) is 0. The van der Waals surface area contributed by atoms with Gasteiger partial charge in [-0.25, -0.2) is 0 Å². The molecule has 0 fully saturated rings. The number of rotatable bonds is 1. The lowest BCUT2D eigenvalue weighted by Gasteiger charge is -2.13. The quantitative estimate of drug-likeness (QED) is 0.781. The van der Waals surface area contributed by atoms with Gasteiger partial charge in [0, 0.05) is 11.1 Å². The van der Waals surface area contributed by atoms with Gasteiger partial charge in [-0.3, -0.25) is 4.98 Å². The van der Waals surface area contributed by atoms with Crippen molar-refractivity contribution in [1.82, 2.24) is 4.98 Å². The molecule has 1 heterocycles. The molecule has 0 saturated heterocycles. The van der Waals surface area contributed by atoms with Gasteiger partial charge in [0.25, 0.3) is 0 Å². The van der Waals surface area contributed by atoms with Crippen molar-refractivity contribution in [2.24, 2.45) is 0 Å². The second-order valence-electron chi connectivity index (χ2n) is 3.91. The van der Waals surface area contributed by atoms with Gasteiger partial charge < -0.3 is 5.11 Å². The zero-order valence-electron chi connectivity index (χ0n) is 9.26. The first kappa shape index (κ1) is 12.9. The van der Waals surface area contributed by atoms with Crippen LogP contribution in [0.5, 0.6) is 0 Å². The molecular weight excluding hydrogens is 280 g/mol. The highest BCUT2D eigenvalue weighted by molar-refractivity contribution is 6.47. The molecule has 1 atom stereocenters. The number of aliphatic hydroxyl groups excluding tert-OH is 1. The molecule has 0 aliphatic carbocycles. The molecule has 17 heavy (non-hydrogen) atoms. The van der Waals surface area contributed by atoms with Crippen molar-refractivity contribution in [1.29, 1.82) is 0 Å². The van der Waals surface area contributed by atoms with Crippen LogP contribution < -0.4 is 0 Å². The number of nitrogens with zero attached hydrogens (tertiary/aromatic N) is 1. The van der Waals surface area contributed by atoms with E-state index in [1.165, 1.54) is 0 Å². The number of hydrogen-bond acceptors (Lipinski definition) is 2. The maximum Gasteiger partial charge on any atom is 0.0911 e. The lowest BCUT2D eigenvalue weighted by atomic mass is 10.0. The Hall–Kier alpha value is -0.540. The molecule has 0 radical (unpaired) electrons. The SMILES string of the molecule is Cc1cc(C(C)O)c2c(Cl)c(Cl)cc(Cl)c2n1. The van der Waals surface area contributed by atoms with Crippen molar-refractivity contribution in [2.75, 3.05) is 0 Å². The summed E-state index contributed by atoms with van der Waals surface area (Å²) >= 11 is 18.2. The van der Waals surface area contributed by atoms with E-state index in [2.05, 4.69) is 4.98 Å². The molecule has 0 aliphatic heterocycles. The van der Waals surface area contributed by atoms with Crippen molar-refractivity contribution in [3.8, 4) is 0 Å². The van der Waals surface area contributed by atoms with Crippen LogP contribution in [0.4, 0.5) is 0 Å². The van der Waals surface area contributed by atoms with E-state index in [1.807, 2.05) is 6.92 Å². The minimum atomic E-state index is -0.661. The zero-order chi connectivity index (χ0) is 12.7. The van der Waals surface area contributed by atoms with Crippen LogP contribution in [0.15, 0.2) is 12.1 Å². The molecule has 0 spiro atoms. The molecule has 0 aliphatic rings. The normalized spacial score (nSPS) is 13.1. The Bertz CT molecular complexity index is 596. The first-order chi connectivity index (χ1) is 7.91. The van der Waals surface area contributed by atoms with Crippen LogP contribution in [0.25, 0.3) is 10.9 Å². The average Bonchev–Trinajstić information content (AvgIpc) is 2.25. The van der Waals surface area contributed by atoms with E-state index < -0.39 is 6.10 Å². The Morgan fingerprint density at radius 2 is 1.82 bits per heavy atom. The monoisotopic (exact) mass is 289 g/mol. The van der Waals surface area contributed by atoms with E-state index >= 15 is 0 Å². The summed E-state index contributed by atoms with van der Waals surface area (Å²) in [6.07, 6.45) is -0.661. The summed E-state index contributed by atoms with van der Waals surface area (Å²) in [6.45, 7) is 3.50. The number of fused-ring (bicyclic) bond motifs is 1. The molecule has 1 aromatic carbocycles. The van der Waals surface area contributed by atoms with Gasteiger partial charge in [0.05, 0.1) is 26.7 Å². The summed E-state index contributed by atoms with van der Waals surface area (Å²) in [5.41, 5.74) is 2.02. The molecule has 90 valence electrons. The standard InChI is InChI=1S/C12H10Cl3NO/c1-5-3-7(6(2)17)10-11(15)8(13)4-9(14)12(10)16-5/h3-4,6,17H,1-2H3. The Labute approximate surface area is 114 Å². The fourth-order valence-corrected chi connectivity index (χ4v) is 2.55. The predicted octanol–water partition coefficient (Wildman–Crippen LogP) is 4.56. The van der Waals surface area contributed by atoms with Gasteiger partial charge in [0.2, 0.25) is 0 Å². The van der Waals surface area contributed by atoms with Crippen LogP contribution in [0.1, 0.15) is 24.3 Å². The van der Waals surface area contributed by atoms with Crippen molar-refractivity contribution < 1.29 is 5.11 Å². The average molecular weight is 291 g/mol. The molecule has 0 bridgehead atoms. The van der Waals surface area contributed by atoms with Gasteiger partial charge in [0.1, 0.15) is 0 Å². The summed E-state index contributed by atoms with van der Waals surface area (Å²) in [7, 11) is 0. The van der Waals surface area contributed by atoms with Gasteiger partial charge >= 0.3 is 0 Å². The van der Waals surface area contributed by atoms with E-state index in [9.17, 15) is 5.11 Å². The molecule has 0 amide bonds. The topological polar surface area (TPSA) is 33.1 Å².